The lowest BCUT2D eigenvalue weighted by Crippen LogP contribution is -2.23. The second-order valence-electron chi connectivity index (χ2n) is 1.83. The quantitative estimate of drug-likeness (QED) is 0.507. The van der Waals surface area contributed by atoms with Crippen LogP contribution in [0.5, 0.6) is 0 Å². The molecule has 0 aromatic carbocycles. The average molecular weight is 143 g/mol. The van der Waals surface area contributed by atoms with Crippen molar-refractivity contribution in [1.29, 1.82) is 0 Å². The van der Waals surface area contributed by atoms with Gasteiger partial charge >= 0.3 is 5.97 Å². The third-order valence-corrected chi connectivity index (χ3v) is 1.12. The third-order valence-electron chi connectivity index (χ3n) is 1.12. The smallest absolute Gasteiger partial charge is 0.327 e. The van der Waals surface area contributed by atoms with Crippen LogP contribution in [-0.2, 0) is 14.4 Å². The lowest BCUT2D eigenvalue weighted by Gasteiger charge is -2.11. The van der Waals surface area contributed by atoms with Crippen molar-refractivity contribution in [2.75, 3.05) is 20.3 Å². The van der Waals surface area contributed by atoms with Gasteiger partial charge in [-0.2, -0.15) is 0 Å². The molecule has 0 radical (unpaired) electrons. The Labute approximate surface area is 59.0 Å². The van der Waals surface area contributed by atoms with E-state index in [9.17, 15) is 4.79 Å². The SMILES string of the molecule is COC(=O)CN1C=CCO1. The molecule has 0 fully saturated rings. The van der Waals surface area contributed by atoms with Crippen molar-refractivity contribution in [3.8, 4) is 0 Å². The number of rotatable bonds is 2. The molecule has 10 heavy (non-hydrogen) atoms. The maximum absolute atomic E-state index is 10.6. The van der Waals surface area contributed by atoms with Crippen molar-refractivity contribution in [3.05, 3.63) is 12.3 Å². The highest BCUT2D eigenvalue weighted by Crippen LogP contribution is 1.99. The number of esters is 1. The summed E-state index contributed by atoms with van der Waals surface area (Å²) in [6.45, 7) is 0.698. The molecule has 0 aromatic heterocycles. The molecular weight excluding hydrogens is 134 g/mol. The van der Waals surface area contributed by atoms with Crippen molar-refractivity contribution in [2.45, 2.75) is 0 Å². The highest BCUT2D eigenvalue weighted by atomic mass is 16.7. The van der Waals surface area contributed by atoms with Crippen LogP contribution in [0.15, 0.2) is 12.3 Å². The van der Waals surface area contributed by atoms with E-state index >= 15 is 0 Å². The van der Waals surface area contributed by atoms with E-state index in [1.165, 1.54) is 12.2 Å². The lowest BCUT2D eigenvalue weighted by molar-refractivity contribution is -0.154. The number of methoxy groups -OCH3 is 1. The van der Waals surface area contributed by atoms with Crippen molar-refractivity contribution in [2.24, 2.45) is 0 Å². The zero-order valence-electron chi connectivity index (χ0n) is 5.74. The highest BCUT2D eigenvalue weighted by molar-refractivity contribution is 5.71. The first kappa shape index (κ1) is 7.08. The van der Waals surface area contributed by atoms with Gasteiger partial charge in [-0.05, 0) is 6.08 Å². The van der Waals surface area contributed by atoms with Crippen LogP contribution in [0.1, 0.15) is 0 Å². The van der Waals surface area contributed by atoms with Crippen LogP contribution in [0, 0.1) is 0 Å². The summed E-state index contributed by atoms with van der Waals surface area (Å²) in [5.41, 5.74) is 0. The molecule has 0 saturated heterocycles. The van der Waals surface area contributed by atoms with Crippen LogP contribution in [0.2, 0.25) is 0 Å². The minimum atomic E-state index is -0.299. The molecule has 0 spiro atoms. The summed E-state index contributed by atoms with van der Waals surface area (Å²) in [6, 6.07) is 0. The molecule has 0 saturated carbocycles. The van der Waals surface area contributed by atoms with E-state index in [4.69, 9.17) is 4.84 Å². The Balaban J connectivity index is 2.24. The molecule has 4 nitrogen and oxygen atoms in total. The summed E-state index contributed by atoms with van der Waals surface area (Å²) in [5, 5.41) is 1.44. The van der Waals surface area contributed by atoms with Crippen LogP contribution in [0.25, 0.3) is 0 Å². The third kappa shape index (κ3) is 1.73. The summed E-state index contributed by atoms with van der Waals surface area (Å²) in [4.78, 5) is 15.5. The maximum Gasteiger partial charge on any atom is 0.327 e. The second kappa shape index (κ2) is 3.22. The van der Waals surface area contributed by atoms with Crippen LogP contribution >= 0.6 is 0 Å². The van der Waals surface area contributed by atoms with Gasteiger partial charge in [0, 0.05) is 6.20 Å². The van der Waals surface area contributed by atoms with E-state index in [1.54, 1.807) is 6.20 Å². The lowest BCUT2D eigenvalue weighted by atomic mass is 10.6. The van der Waals surface area contributed by atoms with Crippen LogP contribution in [-0.4, -0.2) is 31.3 Å². The standard InChI is InChI=1S/C6H9NO3/c1-9-6(8)5-7-3-2-4-10-7/h2-3H,4-5H2,1H3. The fourth-order valence-electron chi connectivity index (χ4n) is 0.633. The Morgan fingerprint density at radius 3 is 3.20 bits per heavy atom. The van der Waals surface area contributed by atoms with Crippen molar-refractivity contribution < 1.29 is 14.4 Å². The molecule has 0 aliphatic carbocycles. The number of hydrogen-bond acceptors (Lipinski definition) is 4. The Morgan fingerprint density at radius 2 is 2.70 bits per heavy atom. The Bertz CT molecular complexity index is 155. The first-order valence-corrected chi connectivity index (χ1v) is 2.96. The van der Waals surface area contributed by atoms with Gasteiger partial charge in [0.05, 0.1) is 13.7 Å². The van der Waals surface area contributed by atoms with Crippen molar-refractivity contribution in [3.63, 3.8) is 0 Å². The van der Waals surface area contributed by atoms with Gasteiger partial charge in [0.25, 0.3) is 0 Å². The van der Waals surface area contributed by atoms with E-state index in [0.29, 0.717) is 6.61 Å². The molecule has 1 heterocycles. The fraction of sp³-hybridized carbons (Fsp3) is 0.500. The van der Waals surface area contributed by atoms with Crippen LogP contribution in [0.4, 0.5) is 0 Å². The van der Waals surface area contributed by atoms with Crippen molar-refractivity contribution >= 4 is 5.97 Å². The highest BCUT2D eigenvalue weighted by Gasteiger charge is 2.09. The Morgan fingerprint density at radius 1 is 1.90 bits per heavy atom. The van der Waals surface area contributed by atoms with Crippen LogP contribution in [0.3, 0.4) is 0 Å². The minimum Gasteiger partial charge on any atom is -0.468 e. The van der Waals surface area contributed by atoms with Gasteiger partial charge < -0.3 is 4.74 Å². The first-order valence-electron chi connectivity index (χ1n) is 2.96. The molecule has 1 aliphatic rings. The number of nitrogens with zero attached hydrogens (tertiary/aromatic N) is 1. The summed E-state index contributed by atoms with van der Waals surface area (Å²) in [7, 11) is 1.35. The van der Waals surface area contributed by atoms with Crippen molar-refractivity contribution in [1.82, 2.24) is 5.06 Å². The zero-order chi connectivity index (χ0) is 7.40. The Hall–Kier alpha value is -1.03. The topological polar surface area (TPSA) is 38.8 Å². The van der Waals surface area contributed by atoms with Gasteiger partial charge in [0.1, 0.15) is 6.54 Å². The molecule has 0 bridgehead atoms. The summed E-state index contributed by atoms with van der Waals surface area (Å²) < 4.78 is 4.42. The minimum absolute atomic E-state index is 0.160. The van der Waals surface area contributed by atoms with Gasteiger partial charge in [0.2, 0.25) is 0 Å². The number of carbonyl (C=O) groups excluding carboxylic acids is 1. The molecule has 1 rings (SSSR count). The zero-order valence-corrected chi connectivity index (χ0v) is 5.74. The average Bonchev–Trinajstić information content (AvgIpc) is 2.40. The van der Waals surface area contributed by atoms with Gasteiger partial charge in [-0.25, -0.2) is 0 Å². The maximum atomic E-state index is 10.6. The molecule has 1 aliphatic heterocycles. The van der Waals surface area contributed by atoms with E-state index in [-0.39, 0.29) is 12.5 Å². The predicted octanol–water partition coefficient (Wildman–Crippen LogP) is -0.0797. The number of carbonyl (C=O) groups is 1. The normalized spacial score (nSPS) is 15.9. The summed E-state index contributed by atoms with van der Waals surface area (Å²) >= 11 is 0. The van der Waals surface area contributed by atoms with Gasteiger partial charge in [-0.1, -0.05) is 0 Å². The van der Waals surface area contributed by atoms with E-state index < -0.39 is 0 Å². The molecule has 56 valence electrons. The largest absolute Gasteiger partial charge is 0.468 e. The number of ether oxygens (including phenoxy) is 1. The molecule has 0 amide bonds. The van der Waals surface area contributed by atoms with Gasteiger partial charge in [-0.15, -0.1) is 0 Å². The van der Waals surface area contributed by atoms with E-state index in [2.05, 4.69) is 4.74 Å². The molecule has 4 heteroatoms. The second-order valence-corrected chi connectivity index (χ2v) is 1.83. The fourth-order valence-corrected chi connectivity index (χ4v) is 0.633. The molecule has 0 unspecified atom stereocenters. The van der Waals surface area contributed by atoms with Gasteiger partial charge in [0.15, 0.2) is 0 Å². The van der Waals surface area contributed by atoms with Crippen LogP contribution < -0.4 is 0 Å². The summed E-state index contributed by atoms with van der Waals surface area (Å²) in [5.74, 6) is -0.299. The Kier molecular flexibility index (Phi) is 2.28. The van der Waals surface area contributed by atoms with Gasteiger partial charge in [-0.3, -0.25) is 14.7 Å². The first-order chi connectivity index (χ1) is 4.83. The predicted molar refractivity (Wildman–Crippen MR) is 33.8 cm³/mol. The molecule has 0 atom stereocenters. The molecule has 0 aromatic rings. The molecule has 0 N–H and O–H groups in total. The number of hydroxylamine groups is 2. The van der Waals surface area contributed by atoms with E-state index in [0.717, 1.165) is 0 Å². The van der Waals surface area contributed by atoms with E-state index in [1.807, 2.05) is 6.08 Å². The number of hydrogen-bond donors (Lipinski definition) is 0. The summed E-state index contributed by atoms with van der Waals surface area (Å²) in [6.07, 6.45) is 3.53. The molecular formula is C6H9NO3. The monoisotopic (exact) mass is 143 g/mol.